The van der Waals surface area contributed by atoms with Gasteiger partial charge in [0.15, 0.2) is 5.82 Å². The molecule has 0 radical (unpaired) electrons. The van der Waals surface area contributed by atoms with Gasteiger partial charge in [0.1, 0.15) is 10.8 Å². The number of halogens is 1. The van der Waals surface area contributed by atoms with E-state index in [9.17, 15) is 0 Å². The van der Waals surface area contributed by atoms with Crippen molar-refractivity contribution in [2.75, 3.05) is 0 Å². The number of fused-ring (bicyclic) bond motifs is 1. The molecule has 3 aromatic rings. The van der Waals surface area contributed by atoms with E-state index >= 15 is 0 Å². The van der Waals surface area contributed by atoms with Crippen LogP contribution in [0, 0.1) is 6.92 Å². The lowest BCUT2D eigenvalue weighted by molar-refractivity contribution is 1.16. The van der Waals surface area contributed by atoms with Crippen LogP contribution >= 0.6 is 22.9 Å². The molecule has 0 saturated carbocycles. The van der Waals surface area contributed by atoms with Crippen molar-refractivity contribution >= 4 is 34.0 Å². The molecule has 16 heavy (non-hydrogen) atoms. The van der Waals surface area contributed by atoms with Gasteiger partial charge in [-0.3, -0.25) is 0 Å². The Hall–Kier alpha value is -1.39. The summed E-state index contributed by atoms with van der Waals surface area (Å²) in [6, 6.07) is 5.85. The normalized spacial score (nSPS) is 11.1. The van der Waals surface area contributed by atoms with E-state index in [4.69, 9.17) is 11.6 Å². The number of nitrogens with zero attached hydrogens (tertiary/aromatic N) is 2. The standard InChI is InChI=1S/C11H8ClN3S/c1-6-7-5-9(12)14-10(7)15-11(13-6)8-3-2-4-16-8/h2-5H,1H3,(H,13,14,15). The van der Waals surface area contributed by atoms with Gasteiger partial charge >= 0.3 is 0 Å². The third-order valence-electron chi connectivity index (χ3n) is 2.39. The molecule has 0 bridgehead atoms. The molecule has 0 amide bonds. The lowest BCUT2D eigenvalue weighted by Crippen LogP contribution is -1.91. The summed E-state index contributed by atoms with van der Waals surface area (Å²) in [5.74, 6) is 0.749. The zero-order valence-electron chi connectivity index (χ0n) is 8.49. The van der Waals surface area contributed by atoms with Crippen LogP contribution in [0.5, 0.6) is 0 Å². The Kier molecular flexibility index (Phi) is 2.19. The second-order valence-corrected chi connectivity index (χ2v) is 4.84. The van der Waals surface area contributed by atoms with E-state index in [0.717, 1.165) is 27.4 Å². The third kappa shape index (κ3) is 1.50. The number of rotatable bonds is 1. The predicted molar refractivity (Wildman–Crippen MR) is 66.9 cm³/mol. The van der Waals surface area contributed by atoms with E-state index < -0.39 is 0 Å². The van der Waals surface area contributed by atoms with Crippen molar-refractivity contribution in [2.24, 2.45) is 0 Å². The van der Waals surface area contributed by atoms with Gasteiger partial charge in [-0.1, -0.05) is 17.7 Å². The highest BCUT2D eigenvalue weighted by atomic mass is 35.5. The molecular weight excluding hydrogens is 242 g/mol. The predicted octanol–water partition coefficient (Wildman–Crippen LogP) is 3.65. The average Bonchev–Trinajstić information content (AvgIpc) is 2.84. The Labute approximate surface area is 101 Å². The fourth-order valence-corrected chi connectivity index (χ4v) is 2.50. The maximum atomic E-state index is 5.91. The van der Waals surface area contributed by atoms with Crippen LogP contribution in [0.4, 0.5) is 0 Å². The molecule has 80 valence electrons. The van der Waals surface area contributed by atoms with Gasteiger partial charge in [-0.05, 0) is 24.4 Å². The molecule has 0 aliphatic rings. The van der Waals surface area contributed by atoms with Crippen molar-refractivity contribution in [3.8, 4) is 10.7 Å². The molecule has 5 heteroatoms. The molecule has 0 aliphatic carbocycles. The van der Waals surface area contributed by atoms with Crippen LogP contribution in [0.25, 0.3) is 21.7 Å². The Morgan fingerprint density at radius 3 is 3.00 bits per heavy atom. The minimum absolute atomic E-state index is 0.593. The smallest absolute Gasteiger partial charge is 0.171 e. The molecule has 1 N–H and O–H groups in total. The summed E-state index contributed by atoms with van der Waals surface area (Å²) in [4.78, 5) is 13.0. The quantitative estimate of drug-likeness (QED) is 0.715. The van der Waals surface area contributed by atoms with E-state index in [1.165, 1.54) is 0 Å². The Balaban J connectivity index is 2.28. The van der Waals surface area contributed by atoms with Crippen molar-refractivity contribution in [2.45, 2.75) is 6.92 Å². The summed E-state index contributed by atoms with van der Waals surface area (Å²) < 4.78 is 0. The highest BCUT2D eigenvalue weighted by molar-refractivity contribution is 7.13. The molecule has 3 aromatic heterocycles. The van der Waals surface area contributed by atoms with Gasteiger partial charge in [0.05, 0.1) is 10.6 Å². The average molecular weight is 250 g/mol. The van der Waals surface area contributed by atoms with Crippen molar-refractivity contribution in [1.29, 1.82) is 0 Å². The van der Waals surface area contributed by atoms with E-state index in [1.54, 1.807) is 11.3 Å². The van der Waals surface area contributed by atoms with E-state index in [2.05, 4.69) is 15.0 Å². The van der Waals surface area contributed by atoms with Crippen molar-refractivity contribution < 1.29 is 0 Å². The second-order valence-electron chi connectivity index (χ2n) is 3.49. The Morgan fingerprint density at radius 2 is 2.25 bits per heavy atom. The number of hydrogen-bond acceptors (Lipinski definition) is 3. The molecule has 0 aliphatic heterocycles. The molecule has 0 unspecified atom stereocenters. The van der Waals surface area contributed by atoms with Gasteiger partial charge in [0.2, 0.25) is 0 Å². The van der Waals surface area contributed by atoms with Gasteiger partial charge in [-0.2, -0.15) is 0 Å². The second kappa shape index (κ2) is 3.57. The fourth-order valence-electron chi connectivity index (χ4n) is 1.64. The minimum Gasteiger partial charge on any atom is -0.330 e. The number of H-pyrrole nitrogens is 1. The lowest BCUT2D eigenvalue weighted by Gasteiger charge is -1.99. The molecule has 3 nitrogen and oxygen atoms in total. The number of thiophene rings is 1. The van der Waals surface area contributed by atoms with E-state index in [1.807, 2.05) is 30.5 Å². The molecule has 0 aromatic carbocycles. The first-order chi connectivity index (χ1) is 7.74. The van der Waals surface area contributed by atoms with E-state index in [-0.39, 0.29) is 0 Å². The monoisotopic (exact) mass is 249 g/mol. The lowest BCUT2D eigenvalue weighted by atomic mass is 10.3. The van der Waals surface area contributed by atoms with Gasteiger partial charge in [-0.25, -0.2) is 9.97 Å². The van der Waals surface area contributed by atoms with Crippen molar-refractivity contribution in [3.05, 3.63) is 34.4 Å². The fraction of sp³-hybridized carbons (Fsp3) is 0.0909. The van der Waals surface area contributed by atoms with Crippen LogP contribution in [-0.4, -0.2) is 15.0 Å². The number of aryl methyl sites for hydroxylation is 1. The Morgan fingerprint density at radius 1 is 1.38 bits per heavy atom. The van der Waals surface area contributed by atoms with Crippen LogP contribution in [0.3, 0.4) is 0 Å². The van der Waals surface area contributed by atoms with Gasteiger partial charge < -0.3 is 4.98 Å². The molecule has 0 atom stereocenters. The maximum absolute atomic E-state index is 5.91. The largest absolute Gasteiger partial charge is 0.330 e. The summed E-state index contributed by atoms with van der Waals surface area (Å²) in [5, 5.41) is 3.58. The first-order valence-corrected chi connectivity index (χ1v) is 6.06. The van der Waals surface area contributed by atoms with Gasteiger partial charge in [-0.15, -0.1) is 11.3 Å². The topological polar surface area (TPSA) is 41.6 Å². The van der Waals surface area contributed by atoms with Gasteiger partial charge in [0.25, 0.3) is 0 Å². The molecule has 3 rings (SSSR count). The SMILES string of the molecule is Cc1nc(-c2cccs2)nc2[nH]c(Cl)cc12. The molecule has 3 heterocycles. The van der Waals surface area contributed by atoms with Gasteiger partial charge in [0, 0.05) is 5.39 Å². The highest BCUT2D eigenvalue weighted by Gasteiger charge is 2.09. The minimum atomic E-state index is 0.593. The molecular formula is C11H8ClN3S. The highest BCUT2D eigenvalue weighted by Crippen LogP contribution is 2.25. The first-order valence-electron chi connectivity index (χ1n) is 4.81. The third-order valence-corrected chi connectivity index (χ3v) is 3.46. The summed E-state index contributed by atoms with van der Waals surface area (Å²) >= 11 is 7.54. The van der Waals surface area contributed by atoms with Crippen LogP contribution in [0.1, 0.15) is 5.69 Å². The first kappa shape index (κ1) is 9.81. The van der Waals surface area contributed by atoms with Crippen molar-refractivity contribution in [3.63, 3.8) is 0 Å². The zero-order valence-corrected chi connectivity index (χ0v) is 10.1. The summed E-state index contributed by atoms with van der Waals surface area (Å²) in [6.45, 7) is 1.96. The number of nitrogens with one attached hydrogen (secondary N) is 1. The Bertz CT molecular complexity index is 643. The summed E-state index contributed by atoms with van der Waals surface area (Å²) in [7, 11) is 0. The summed E-state index contributed by atoms with van der Waals surface area (Å²) in [6.07, 6.45) is 0. The number of aromatic amines is 1. The molecule has 0 saturated heterocycles. The zero-order chi connectivity index (χ0) is 11.1. The maximum Gasteiger partial charge on any atom is 0.171 e. The number of aromatic nitrogens is 3. The molecule has 0 fully saturated rings. The summed E-state index contributed by atoms with van der Waals surface area (Å²) in [5.41, 5.74) is 1.73. The van der Waals surface area contributed by atoms with Crippen LogP contribution in [-0.2, 0) is 0 Å². The van der Waals surface area contributed by atoms with Crippen LogP contribution in [0.15, 0.2) is 23.6 Å². The molecule has 0 spiro atoms. The van der Waals surface area contributed by atoms with E-state index in [0.29, 0.717) is 5.15 Å². The van der Waals surface area contributed by atoms with Crippen LogP contribution in [0.2, 0.25) is 5.15 Å². The number of hydrogen-bond donors (Lipinski definition) is 1. The van der Waals surface area contributed by atoms with Crippen molar-refractivity contribution in [1.82, 2.24) is 15.0 Å². The van der Waals surface area contributed by atoms with Crippen LogP contribution < -0.4 is 0 Å².